The highest BCUT2D eigenvalue weighted by Crippen LogP contribution is 2.00. The molecule has 3 unspecified atom stereocenters. The van der Waals surface area contributed by atoms with Crippen LogP contribution in [0, 0.1) is 0 Å². The Bertz CT molecular complexity index is 224. The molecule has 0 aliphatic carbocycles. The number of carbonyl (C=O) groups is 1. The van der Waals surface area contributed by atoms with Crippen molar-refractivity contribution in [3.05, 3.63) is 0 Å². The number of aliphatic hydroxyl groups excluding tert-OH is 1. The molecule has 0 aromatic carbocycles. The van der Waals surface area contributed by atoms with Crippen molar-refractivity contribution in [1.82, 2.24) is 4.90 Å². The van der Waals surface area contributed by atoms with Crippen LogP contribution in [0.4, 0.5) is 0 Å². The number of carboxylic acids is 1. The molecule has 0 amide bonds. The van der Waals surface area contributed by atoms with Crippen molar-refractivity contribution in [1.29, 1.82) is 0 Å². The summed E-state index contributed by atoms with van der Waals surface area (Å²) in [6, 6.07) is -0.624. The summed E-state index contributed by atoms with van der Waals surface area (Å²) in [6.45, 7) is 4.31. The molecule has 0 aromatic rings. The fraction of sp³-hybridized carbons (Fsp3) is 0.909. The molecule has 6 heteroatoms. The van der Waals surface area contributed by atoms with E-state index < -0.39 is 18.1 Å². The highest BCUT2D eigenvalue weighted by Gasteiger charge is 2.19. The second-order valence-corrected chi connectivity index (χ2v) is 4.21. The standard InChI is InChI=1S/C11H23NO5/c1-8(6-16-4)17-7-10(13)5-12(3)9(2)11(14)15/h8-10,13H,5-7H2,1-4H3,(H,14,15). The van der Waals surface area contributed by atoms with Crippen LogP contribution in [-0.4, -0.2) is 73.2 Å². The monoisotopic (exact) mass is 249 g/mol. The Hall–Kier alpha value is -0.690. The lowest BCUT2D eigenvalue weighted by Gasteiger charge is -2.24. The van der Waals surface area contributed by atoms with E-state index in [1.807, 2.05) is 6.92 Å². The minimum atomic E-state index is -0.909. The maximum absolute atomic E-state index is 10.7. The summed E-state index contributed by atoms with van der Waals surface area (Å²) < 4.78 is 10.2. The van der Waals surface area contributed by atoms with Gasteiger partial charge >= 0.3 is 5.97 Å². The molecule has 0 heterocycles. The van der Waals surface area contributed by atoms with Gasteiger partial charge in [-0.25, -0.2) is 0 Å². The lowest BCUT2D eigenvalue weighted by atomic mass is 10.2. The molecule has 102 valence electrons. The third-order valence-corrected chi connectivity index (χ3v) is 2.49. The Morgan fingerprint density at radius 3 is 2.41 bits per heavy atom. The highest BCUT2D eigenvalue weighted by molar-refractivity contribution is 5.72. The molecule has 0 radical (unpaired) electrons. The number of aliphatic hydroxyl groups is 1. The molecule has 17 heavy (non-hydrogen) atoms. The molecule has 0 aliphatic rings. The van der Waals surface area contributed by atoms with Crippen molar-refractivity contribution < 1.29 is 24.5 Å². The molecular weight excluding hydrogens is 226 g/mol. The van der Waals surface area contributed by atoms with E-state index in [-0.39, 0.29) is 19.3 Å². The van der Waals surface area contributed by atoms with Gasteiger partial charge in [-0.05, 0) is 20.9 Å². The number of hydrogen-bond donors (Lipinski definition) is 2. The Morgan fingerprint density at radius 1 is 1.35 bits per heavy atom. The van der Waals surface area contributed by atoms with E-state index in [9.17, 15) is 9.90 Å². The molecule has 0 saturated heterocycles. The summed E-state index contributed by atoms with van der Waals surface area (Å²) >= 11 is 0. The molecule has 0 bridgehead atoms. The van der Waals surface area contributed by atoms with E-state index in [4.69, 9.17) is 14.6 Å². The second kappa shape index (κ2) is 8.41. The van der Waals surface area contributed by atoms with Crippen molar-refractivity contribution in [2.75, 3.05) is 33.9 Å². The van der Waals surface area contributed by atoms with Gasteiger partial charge in [0.05, 0.1) is 25.4 Å². The van der Waals surface area contributed by atoms with Gasteiger partial charge in [-0.2, -0.15) is 0 Å². The molecule has 0 aromatic heterocycles. The van der Waals surface area contributed by atoms with Gasteiger partial charge in [0.2, 0.25) is 0 Å². The van der Waals surface area contributed by atoms with Crippen molar-refractivity contribution in [3.63, 3.8) is 0 Å². The molecule has 3 atom stereocenters. The quantitative estimate of drug-likeness (QED) is 0.589. The summed E-state index contributed by atoms with van der Waals surface area (Å²) in [6.07, 6.45) is -0.794. The lowest BCUT2D eigenvalue weighted by molar-refractivity contribution is -0.142. The minimum Gasteiger partial charge on any atom is -0.480 e. The summed E-state index contributed by atoms with van der Waals surface area (Å²) in [7, 11) is 3.24. The van der Waals surface area contributed by atoms with Crippen LogP contribution in [0.25, 0.3) is 0 Å². The van der Waals surface area contributed by atoms with E-state index in [2.05, 4.69) is 0 Å². The van der Waals surface area contributed by atoms with Crippen LogP contribution in [0.15, 0.2) is 0 Å². The van der Waals surface area contributed by atoms with Gasteiger partial charge in [-0.15, -0.1) is 0 Å². The highest BCUT2D eigenvalue weighted by atomic mass is 16.5. The number of carboxylic acid groups (broad SMARTS) is 1. The molecule has 0 aliphatic heterocycles. The van der Waals surface area contributed by atoms with Crippen molar-refractivity contribution >= 4 is 5.97 Å². The van der Waals surface area contributed by atoms with Crippen LogP contribution < -0.4 is 0 Å². The van der Waals surface area contributed by atoms with E-state index in [1.54, 1.807) is 26.0 Å². The van der Waals surface area contributed by atoms with Crippen LogP contribution in [0.3, 0.4) is 0 Å². The molecule has 6 nitrogen and oxygen atoms in total. The van der Waals surface area contributed by atoms with E-state index in [0.29, 0.717) is 6.61 Å². The summed E-state index contributed by atoms with van der Waals surface area (Å²) in [5.41, 5.74) is 0. The number of aliphatic carboxylic acids is 1. The van der Waals surface area contributed by atoms with Gasteiger partial charge in [-0.1, -0.05) is 0 Å². The van der Waals surface area contributed by atoms with Crippen LogP contribution in [0.1, 0.15) is 13.8 Å². The molecule has 0 rings (SSSR count). The zero-order valence-corrected chi connectivity index (χ0v) is 10.9. The summed E-state index contributed by atoms with van der Waals surface area (Å²) in [5, 5.41) is 18.4. The topological polar surface area (TPSA) is 79.2 Å². The average molecular weight is 249 g/mol. The normalized spacial score (nSPS) is 16.8. The molecule has 2 N–H and O–H groups in total. The van der Waals surface area contributed by atoms with Crippen molar-refractivity contribution in [2.24, 2.45) is 0 Å². The summed E-state index contributed by atoms with van der Waals surface area (Å²) in [4.78, 5) is 12.3. The first-order valence-electron chi connectivity index (χ1n) is 5.60. The predicted octanol–water partition coefficient (Wildman–Crippen LogP) is -0.196. The van der Waals surface area contributed by atoms with Gasteiger partial charge in [0.1, 0.15) is 6.04 Å². The first-order valence-corrected chi connectivity index (χ1v) is 5.60. The molecular formula is C11H23NO5. The third-order valence-electron chi connectivity index (χ3n) is 2.49. The largest absolute Gasteiger partial charge is 0.480 e. The van der Waals surface area contributed by atoms with Gasteiger partial charge in [-0.3, -0.25) is 9.69 Å². The van der Waals surface area contributed by atoms with Gasteiger partial charge in [0.25, 0.3) is 0 Å². The maximum atomic E-state index is 10.7. The Kier molecular flexibility index (Phi) is 8.07. The average Bonchev–Trinajstić information content (AvgIpc) is 2.25. The van der Waals surface area contributed by atoms with Crippen LogP contribution in [-0.2, 0) is 14.3 Å². The van der Waals surface area contributed by atoms with Gasteiger partial charge in [0.15, 0.2) is 0 Å². The first kappa shape index (κ1) is 16.3. The second-order valence-electron chi connectivity index (χ2n) is 4.21. The predicted molar refractivity (Wildman–Crippen MR) is 63.0 cm³/mol. The third kappa shape index (κ3) is 7.27. The smallest absolute Gasteiger partial charge is 0.320 e. The number of methoxy groups -OCH3 is 1. The van der Waals surface area contributed by atoms with E-state index in [1.165, 1.54) is 0 Å². The minimum absolute atomic E-state index is 0.0862. The van der Waals surface area contributed by atoms with Gasteiger partial charge in [0, 0.05) is 13.7 Å². The maximum Gasteiger partial charge on any atom is 0.320 e. The first-order chi connectivity index (χ1) is 7.88. The SMILES string of the molecule is COCC(C)OCC(O)CN(C)C(C)C(=O)O. The Balaban J connectivity index is 3.85. The summed E-state index contributed by atoms with van der Waals surface area (Å²) in [5.74, 6) is -0.909. The van der Waals surface area contributed by atoms with E-state index in [0.717, 1.165) is 0 Å². The number of likely N-dealkylation sites (N-methyl/N-ethyl adjacent to an activating group) is 1. The number of ether oxygens (including phenoxy) is 2. The van der Waals surface area contributed by atoms with Gasteiger partial charge < -0.3 is 19.7 Å². The molecule has 0 spiro atoms. The number of hydrogen-bond acceptors (Lipinski definition) is 5. The Labute approximate surface area is 102 Å². The van der Waals surface area contributed by atoms with Crippen LogP contribution >= 0.6 is 0 Å². The zero-order valence-electron chi connectivity index (χ0n) is 10.9. The Morgan fingerprint density at radius 2 is 1.94 bits per heavy atom. The van der Waals surface area contributed by atoms with Crippen molar-refractivity contribution in [3.8, 4) is 0 Å². The lowest BCUT2D eigenvalue weighted by Crippen LogP contribution is -2.42. The number of rotatable bonds is 9. The zero-order chi connectivity index (χ0) is 13.4. The van der Waals surface area contributed by atoms with Crippen molar-refractivity contribution in [2.45, 2.75) is 32.1 Å². The fourth-order valence-corrected chi connectivity index (χ4v) is 1.29. The fourth-order valence-electron chi connectivity index (χ4n) is 1.29. The number of nitrogens with zero attached hydrogens (tertiary/aromatic N) is 1. The van der Waals surface area contributed by atoms with E-state index >= 15 is 0 Å². The molecule has 0 saturated carbocycles. The van der Waals surface area contributed by atoms with Crippen LogP contribution in [0.2, 0.25) is 0 Å². The molecule has 0 fully saturated rings. The van der Waals surface area contributed by atoms with Crippen LogP contribution in [0.5, 0.6) is 0 Å².